The van der Waals surface area contributed by atoms with Gasteiger partial charge in [0.2, 0.25) is 5.95 Å². The molecule has 0 amide bonds. The molecule has 0 radical (unpaired) electrons. The molecule has 0 saturated carbocycles. The lowest BCUT2D eigenvalue weighted by Gasteiger charge is -2.10. The summed E-state index contributed by atoms with van der Waals surface area (Å²) in [5.41, 5.74) is 10.5. The standard InChI is InChI=1S/C40H25N3O/c1-2-9-26(10-3-1)27-17-19-28(20-18-27)29-11-8-12-30(25-29)34-23-24-41-40(42-34)43-35-15-6-4-14-33(35)38-36(43)22-21-32-31-13-5-7-16-37(31)44-39(32)38/h1-25H. The van der Waals surface area contributed by atoms with E-state index in [1.165, 1.54) is 11.1 Å². The summed E-state index contributed by atoms with van der Waals surface area (Å²) in [6, 6.07) is 50.7. The van der Waals surface area contributed by atoms with Crippen molar-refractivity contribution in [2.24, 2.45) is 0 Å². The van der Waals surface area contributed by atoms with Crippen LogP contribution in [0.5, 0.6) is 0 Å². The first-order valence-corrected chi connectivity index (χ1v) is 14.7. The summed E-state index contributed by atoms with van der Waals surface area (Å²) < 4.78 is 8.60. The van der Waals surface area contributed by atoms with E-state index in [9.17, 15) is 0 Å². The molecule has 0 atom stereocenters. The van der Waals surface area contributed by atoms with Crippen LogP contribution in [0.1, 0.15) is 0 Å². The van der Waals surface area contributed by atoms with E-state index in [-0.39, 0.29) is 0 Å². The fourth-order valence-corrected chi connectivity index (χ4v) is 6.41. The lowest BCUT2D eigenvalue weighted by Crippen LogP contribution is -2.01. The van der Waals surface area contributed by atoms with Crippen LogP contribution in [-0.4, -0.2) is 14.5 Å². The number of aromatic nitrogens is 3. The lowest BCUT2D eigenvalue weighted by molar-refractivity contribution is 0.673. The monoisotopic (exact) mass is 563 g/mol. The molecule has 0 bridgehead atoms. The third kappa shape index (κ3) is 3.85. The number of para-hydroxylation sites is 2. The van der Waals surface area contributed by atoms with Crippen molar-refractivity contribution < 1.29 is 4.42 Å². The number of nitrogens with zero attached hydrogens (tertiary/aromatic N) is 3. The molecule has 6 aromatic carbocycles. The van der Waals surface area contributed by atoms with Crippen LogP contribution < -0.4 is 0 Å². The molecule has 3 heterocycles. The highest BCUT2D eigenvalue weighted by atomic mass is 16.3. The lowest BCUT2D eigenvalue weighted by atomic mass is 9.98. The molecule has 0 aliphatic heterocycles. The van der Waals surface area contributed by atoms with E-state index in [0.717, 1.165) is 66.1 Å². The second-order valence-corrected chi connectivity index (χ2v) is 11.1. The smallest absolute Gasteiger partial charge is 0.235 e. The van der Waals surface area contributed by atoms with Gasteiger partial charge in [-0.2, -0.15) is 0 Å². The van der Waals surface area contributed by atoms with Gasteiger partial charge in [0.25, 0.3) is 0 Å². The molecule has 0 aliphatic rings. The zero-order valence-electron chi connectivity index (χ0n) is 23.7. The van der Waals surface area contributed by atoms with Gasteiger partial charge in [0, 0.05) is 27.9 Å². The van der Waals surface area contributed by atoms with Gasteiger partial charge >= 0.3 is 0 Å². The van der Waals surface area contributed by atoms with Crippen molar-refractivity contribution in [3.63, 3.8) is 0 Å². The predicted octanol–water partition coefficient (Wildman–Crippen LogP) is 10.5. The first-order valence-electron chi connectivity index (χ1n) is 14.7. The minimum Gasteiger partial charge on any atom is -0.455 e. The van der Waals surface area contributed by atoms with Crippen molar-refractivity contribution in [3.8, 4) is 39.5 Å². The summed E-state index contributed by atoms with van der Waals surface area (Å²) in [4.78, 5) is 9.89. The molecular formula is C40H25N3O. The van der Waals surface area contributed by atoms with Crippen molar-refractivity contribution in [1.29, 1.82) is 0 Å². The van der Waals surface area contributed by atoms with Gasteiger partial charge in [-0.1, -0.05) is 109 Å². The van der Waals surface area contributed by atoms with Gasteiger partial charge < -0.3 is 4.42 Å². The third-order valence-corrected chi connectivity index (χ3v) is 8.51. The Labute approximate surface area is 253 Å². The van der Waals surface area contributed by atoms with Gasteiger partial charge in [-0.15, -0.1) is 0 Å². The minimum atomic E-state index is 0.627. The molecule has 0 fully saturated rings. The molecule has 9 aromatic rings. The topological polar surface area (TPSA) is 43.9 Å². The third-order valence-electron chi connectivity index (χ3n) is 8.51. The van der Waals surface area contributed by atoms with E-state index < -0.39 is 0 Å². The number of hydrogen-bond donors (Lipinski definition) is 0. The van der Waals surface area contributed by atoms with Crippen LogP contribution in [0.4, 0.5) is 0 Å². The Balaban J connectivity index is 1.16. The highest BCUT2D eigenvalue weighted by molar-refractivity contribution is 6.23. The predicted molar refractivity (Wildman–Crippen MR) is 180 cm³/mol. The largest absolute Gasteiger partial charge is 0.455 e. The van der Waals surface area contributed by atoms with Crippen LogP contribution in [-0.2, 0) is 0 Å². The summed E-state index contributed by atoms with van der Waals surface area (Å²) in [5, 5.41) is 4.42. The van der Waals surface area contributed by atoms with Gasteiger partial charge in [-0.05, 0) is 58.7 Å². The Hall–Kier alpha value is -6.00. The summed E-state index contributed by atoms with van der Waals surface area (Å²) >= 11 is 0. The van der Waals surface area contributed by atoms with Gasteiger partial charge in [0.15, 0.2) is 0 Å². The van der Waals surface area contributed by atoms with Crippen molar-refractivity contribution in [1.82, 2.24) is 14.5 Å². The summed E-state index contributed by atoms with van der Waals surface area (Å²) in [5.74, 6) is 0.627. The zero-order chi connectivity index (χ0) is 29.0. The Morgan fingerprint density at radius 3 is 2.02 bits per heavy atom. The molecule has 206 valence electrons. The Morgan fingerprint density at radius 1 is 0.477 bits per heavy atom. The first kappa shape index (κ1) is 24.6. The normalized spacial score (nSPS) is 11.6. The Morgan fingerprint density at radius 2 is 1.16 bits per heavy atom. The van der Waals surface area contributed by atoms with Crippen molar-refractivity contribution in [2.75, 3.05) is 0 Å². The van der Waals surface area contributed by atoms with Crippen LogP contribution in [0, 0.1) is 0 Å². The number of fused-ring (bicyclic) bond motifs is 7. The number of hydrogen-bond acceptors (Lipinski definition) is 3. The SMILES string of the molecule is c1ccc(-c2ccc(-c3cccc(-c4ccnc(-n5c6ccccc6c6c7oc8ccccc8c7ccc65)n4)c3)cc2)cc1. The molecule has 0 unspecified atom stereocenters. The van der Waals surface area contributed by atoms with Crippen LogP contribution in [0.2, 0.25) is 0 Å². The molecule has 0 N–H and O–H groups in total. The molecular weight excluding hydrogens is 538 g/mol. The number of furan rings is 1. The van der Waals surface area contributed by atoms with Crippen molar-refractivity contribution >= 4 is 43.7 Å². The van der Waals surface area contributed by atoms with Crippen molar-refractivity contribution in [3.05, 3.63) is 152 Å². The van der Waals surface area contributed by atoms with E-state index >= 15 is 0 Å². The second kappa shape index (κ2) is 9.79. The summed E-state index contributed by atoms with van der Waals surface area (Å²) in [7, 11) is 0. The van der Waals surface area contributed by atoms with Gasteiger partial charge in [0.1, 0.15) is 11.2 Å². The van der Waals surface area contributed by atoms with E-state index in [0.29, 0.717) is 5.95 Å². The molecule has 0 aliphatic carbocycles. The highest BCUT2D eigenvalue weighted by Crippen LogP contribution is 2.40. The average Bonchev–Trinajstić information content (AvgIpc) is 3.65. The molecule has 4 heteroatoms. The summed E-state index contributed by atoms with van der Waals surface area (Å²) in [6.07, 6.45) is 1.85. The maximum Gasteiger partial charge on any atom is 0.235 e. The quantitative estimate of drug-likeness (QED) is 0.214. The second-order valence-electron chi connectivity index (χ2n) is 11.1. The first-order chi connectivity index (χ1) is 21.8. The van der Waals surface area contributed by atoms with Crippen molar-refractivity contribution in [2.45, 2.75) is 0 Å². The van der Waals surface area contributed by atoms with E-state index in [2.05, 4.69) is 126 Å². The van der Waals surface area contributed by atoms with Gasteiger partial charge in [0.05, 0.1) is 22.1 Å². The molecule has 0 spiro atoms. The van der Waals surface area contributed by atoms with Gasteiger partial charge in [-0.25, -0.2) is 9.97 Å². The fraction of sp³-hybridized carbons (Fsp3) is 0. The van der Waals surface area contributed by atoms with E-state index in [1.54, 1.807) is 0 Å². The Kier molecular flexibility index (Phi) is 5.47. The molecule has 3 aromatic heterocycles. The number of benzene rings is 6. The van der Waals surface area contributed by atoms with Gasteiger partial charge in [-0.3, -0.25) is 4.57 Å². The zero-order valence-corrected chi connectivity index (χ0v) is 23.7. The van der Waals surface area contributed by atoms with E-state index in [4.69, 9.17) is 14.4 Å². The number of rotatable bonds is 4. The summed E-state index contributed by atoms with van der Waals surface area (Å²) in [6.45, 7) is 0. The maximum absolute atomic E-state index is 6.45. The van der Waals surface area contributed by atoms with Crippen LogP contribution in [0.15, 0.2) is 156 Å². The highest BCUT2D eigenvalue weighted by Gasteiger charge is 2.19. The molecule has 4 nitrogen and oxygen atoms in total. The molecule has 0 saturated heterocycles. The van der Waals surface area contributed by atoms with Crippen LogP contribution >= 0.6 is 0 Å². The average molecular weight is 564 g/mol. The maximum atomic E-state index is 6.45. The Bertz CT molecular complexity index is 2490. The minimum absolute atomic E-state index is 0.627. The van der Waals surface area contributed by atoms with E-state index in [1.807, 2.05) is 30.5 Å². The fourth-order valence-electron chi connectivity index (χ4n) is 6.41. The van der Waals surface area contributed by atoms with Crippen LogP contribution in [0.25, 0.3) is 83.2 Å². The molecule has 9 rings (SSSR count). The van der Waals surface area contributed by atoms with Crippen LogP contribution in [0.3, 0.4) is 0 Å². The molecule has 44 heavy (non-hydrogen) atoms.